The van der Waals surface area contributed by atoms with Crippen LogP contribution in [0.3, 0.4) is 0 Å². The standard InChI is InChI=1S/C16H12N2O2/c1-19-15-5-3-4-12-7-13(6-11(9-17)10-18)16(20-2)8-14(12)15/h3-8H,1-2H3. The molecule has 0 saturated carbocycles. The maximum Gasteiger partial charge on any atom is 0.130 e. The minimum atomic E-state index is 0.0329. The van der Waals surface area contributed by atoms with Crippen LogP contribution in [-0.2, 0) is 0 Å². The van der Waals surface area contributed by atoms with Gasteiger partial charge in [-0.25, -0.2) is 0 Å². The molecule has 0 heterocycles. The van der Waals surface area contributed by atoms with Gasteiger partial charge in [-0.1, -0.05) is 12.1 Å². The Labute approximate surface area is 117 Å². The zero-order chi connectivity index (χ0) is 14.5. The first-order valence-electron chi connectivity index (χ1n) is 5.90. The number of ether oxygens (including phenoxy) is 2. The second kappa shape index (κ2) is 5.77. The summed E-state index contributed by atoms with van der Waals surface area (Å²) in [5, 5.41) is 19.6. The summed E-state index contributed by atoms with van der Waals surface area (Å²) >= 11 is 0. The molecule has 4 nitrogen and oxygen atoms in total. The van der Waals surface area contributed by atoms with Crippen molar-refractivity contribution < 1.29 is 9.47 Å². The normalized spacial score (nSPS) is 9.40. The van der Waals surface area contributed by atoms with Crippen molar-refractivity contribution in [2.45, 2.75) is 0 Å². The van der Waals surface area contributed by atoms with E-state index in [1.54, 1.807) is 14.2 Å². The lowest BCUT2D eigenvalue weighted by atomic mass is 10.0. The van der Waals surface area contributed by atoms with Gasteiger partial charge < -0.3 is 9.47 Å². The largest absolute Gasteiger partial charge is 0.496 e. The summed E-state index contributed by atoms with van der Waals surface area (Å²) in [6.07, 6.45) is 1.51. The molecule has 4 heteroatoms. The molecule has 2 aromatic carbocycles. The first kappa shape index (κ1) is 13.5. The van der Waals surface area contributed by atoms with Crippen LogP contribution in [0.25, 0.3) is 16.8 Å². The lowest BCUT2D eigenvalue weighted by Gasteiger charge is -2.10. The molecule has 0 N–H and O–H groups in total. The van der Waals surface area contributed by atoms with Crippen molar-refractivity contribution in [3.8, 4) is 23.6 Å². The summed E-state index contributed by atoms with van der Waals surface area (Å²) in [6, 6.07) is 13.1. The molecule has 2 rings (SSSR count). The molecule has 20 heavy (non-hydrogen) atoms. The number of benzene rings is 2. The number of hydrogen-bond donors (Lipinski definition) is 0. The quantitative estimate of drug-likeness (QED) is 0.798. The lowest BCUT2D eigenvalue weighted by molar-refractivity contribution is 0.411. The van der Waals surface area contributed by atoms with Gasteiger partial charge in [-0.2, -0.15) is 10.5 Å². The third-order valence-electron chi connectivity index (χ3n) is 2.95. The van der Waals surface area contributed by atoms with E-state index in [9.17, 15) is 0 Å². The number of rotatable bonds is 3. The number of hydrogen-bond acceptors (Lipinski definition) is 4. The third-order valence-corrected chi connectivity index (χ3v) is 2.95. The zero-order valence-corrected chi connectivity index (χ0v) is 11.2. The Morgan fingerprint density at radius 2 is 1.75 bits per heavy atom. The van der Waals surface area contributed by atoms with E-state index >= 15 is 0 Å². The molecule has 0 bridgehead atoms. The number of nitriles is 2. The number of nitrogens with zero attached hydrogens (tertiary/aromatic N) is 2. The molecule has 0 fully saturated rings. The van der Waals surface area contributed by atoms with Crippen molar-refractivity contribution in [3.05, 3.63) is 41.5 Å². The van der Waals surface area contributed by atoms with Gasteiger partial charge in [0.2, 0.25) is 0 Å². The highest BCUT2D eigenvalue weighted by molar-refractivity contribution is 5.92. The van der Waals surface area contributed by atoms with Crippen LogP contribution in [0.5, 0.6) is 11.5 Å². The van der Waals surface area contributed by atoms with Gasteiger partial charge in [0, 0.05) is 10.9 Å². The Balaban J connectivity index is 2.72. The second-order valence-electron chi connectivity index (χ2n) is 4.06. The number of methoxy groups -OCH3 is 2. The molecule has 0 saturated heterocycles. The van der Waals surface area contributed by atoms with Gasteiger partial charge in [0.05, 0.1) is 14.2 Å². The summed E-state index contributed by atoms with van der Waals surface area (Å²) in [6.45, 7) is 0. The SMILES string of the molecule is COc1cc2c(OC)cccc2cc1C=C(C#N)C#N. The van der Waals surface area contributed by atoms with Gasteiger partial charge in [-0.3, -0.25) is 0 Å². The Hall–Kier alpha value is -2.98. The molecular weight excluding hydrogens is 252 g/mol. The minimum absolute atomic E-state index is 0.0329. The Morgan fingerprint density at radius 1 is 1.05 bits per heavy atom. The smallest absolute Gasteiger partial charge is 0.130 e. The molecule has 0 unspecified atom stereocenters. The molecule has 0 aliphatic heterocycles. The van der Waals surface area contributed by atoms with Crippen molar-refractivity contribution in [1.29, 1.82) is 10.5 Å². The van der Waals surface area contributed by atoms with Crippen molar-refractivity contribution in [3.63, 3.8) is 0 Å². The van der Waals surface area contributed by atoms with E-state index < -0.39 is 0 Å². The predicted molar refractivity (Wildman–Crippen MR) is 76.3 cm³/mol. The van der Waals surface area contributed by atoms with Gasteiger partial charge >= 0.3 is 0 Å². The highest BCUT2D eigenvalue weighted by Gasteiger charge is 2.08. The molecule has 0 aliphatic rings. The summed E-state index contributed by atoms with van der Waals surface area (Å²) in [4.78, 5) is 0. The van der Waals surface area contributed by atoms with Crippen LogP contribution in [0.1, 0.15) is 5.56 Å². The maximum absolute atomic E-state index is 8.84. The van der Waals surface area contributed by atoms with Crippen molar-refractivity contribution in [2.24, 2.45) is 0 Å². The van der Waals surface area contributed by atoms with Gasteiger partial charge in [-0.05, 0) is 29.7 Å². The molecule has 0 radical (unpaired) electrons. The summed E-state index contributed by atoms with van der Waals surface area (Å²) in [5.74, 6) is 1.34. The van der Waals surface area contributed by atoms with E-state index in [-0.39, 0.29) is 5.57 Å². The fourth-order valence-electron chi connectivity index (χ4n) is 2.01. The van der Waals surface area contributed by atoms with Crippen LogP contribution < -0.4 is 9.47 Å². The topological polar surface area (TPSA) is 66.0 Å². The van der Waals surface area contributed by atoms with Crippen LogP contribution in [0.4, 0.5) is 0 Å². The van der Waals surface area contributed by atoms with Gasteiger partial charge in [0.25, 0.3) is 0 Å². The van der Waals surface area contributed by atoms with Crippen molar-refractivity contribution >= 4 is 16.8 Å². The first-order valence-corrected chi connectivity index (χ1v) is 5.90. The van der Waals surface area contributed by atoms with E-state index in [0.717, 1.165) is 16.5 Å². The van der Waals surface area contributed by atoms with Crippen molar-refractivity contribution in [1.82, 2.24) is 0 Å². The molecule has 0 spiro atoms. The van der Waals surface area contributed by atoms with Gasteiger partial charge in [0.1, 0.15) is 29.2 Å². The summed E-state index contributed by atoms with van der Waals surface area (Å²) in [5.41, 5.74) is 0.719. The van der Waals surface area contributed by atoms with Crippen LogP contribution in [0.15, 0.2) is 35.9 Å². The molecule has 0 amide bonds. The Kier molecular flexibility index (Phi) is 3.88. The van der Waals surface area contributed by atoms with E-state index in [2.05, 4.69) is 0 Å². The van der Waals surface area contributed by atoms with E-state index in [1.807, 2.05) is 42.5 Å². The van der Waals surface area contributed by atoms with Gasteiger partial charge in [-0.15, -0.1) is 0 Å². The molecule has 0 aromatic heterocycles. The van der Waals surface area contributed by atoms with E-state index in [0.29, 0.717) is 11.3 Å². The predicted octanol–water partition coefficient (Wildman–Crippen LogP) is 3.29. The average Bonchev–Trinajstić information content (AvgIpc) is 2.50. The molecule has 0 atom stereocenters. The van der Waals surface area contributed by atoms with Crippen LogP contribution in [0.2, 0.25) is 0 Å². The molecule has 0 aliphatic carbocycles. The lowest BCUT2D eigenvalue weighted by Crippen LogP contribution is -1.91. The average molecular weight is 264 g/mol. The molecular formula is C16H12N2O2. The third kappa shape index (κ3) is 2.41. The minimum Gasteiger partial charge on any atom is -0.496 e. The monoisotopic (exact) mass is 264 g/mol. The Bertz CT molecular complexity index is 748. The van der Waals surface area contributed by atoms with Gasteiger partial charge in [0.15, 0.2) is 0 Å². The number of fused-ring (bicyclic) bond motifs is 1. The fourth-order valence-corrected chi connectivity index (χ4v) is 2.01. The first-order chi connectivity index (χ1) is 9.73. The summed E-state index contributed by atoms with van der Waals surface area (Å²) in [7, 11) is 3.16. The van der Waals surface area contributed by atoms with Crippen LogP contribution in [-0.4, -0.2) is 14.2 Å². The van der Waals surface area contributed by atoms with Crippen molar-refractivity contribution in [2.75, 3.05) is 14.2 Å². The maximum atomic E-state index is 8.84. The zero-order valence-electron chi connectivity index (χ0n) is 11.2. The fraction of sp³-hybridized carbons (Fsp3) is 0.125. The Morgan fingerprint density at radius 3 is 2.35 bits per heavy atom. The van der Waals surface area contributed by atoms with E-state index in [4.69, 9.17) is 20.0 Å². The highest BCUT2D eigenvalue weighted by atomic mass is 16.5. The highest BCUT2D eigenvalue weighted by Crippen LogP contribution is 2.32. The molecule has 2 aromatic rings. The summed E-state index contributed by atoms with van der Waals surface area (Å²) < 4.78 is 10.6. The van der Waals surface area contributed by atoms with E-state index in [1.165, 1.54) is 6.08 Å². The van der Waals surface area contributed by atoms with Crippen LogP contribution >= 0.6 is 0 Å². The second-order valence-corrected chi connectivity index (χ2v) is 4.06. The molecule has 98 valence electrons. The van der Waals surface area contributed by atoms with Crippen LogP contribution in [0, 0.1) is 22.7 Å². The number of allylic oxidation sites excluding steroid dienone is 1.